The van der Waals surface area contributed by atoms with E-state index >= 15 is 0 Å². The summed E-state index contributed by atoms with van der Waals surface area (Å²) in [4.78, 5) is 13.9. The Balaban J connectivity index is 2.15. The SMILES string of the molecule is C=CCN(C(=O)c1ccc(F)cc1)C1CC1. The summed E-state index contributed by atoms with van der Waals surface area (Å²) >= 11 is 0. The number of hydrogen-bond donors (Lipinski definition) is 0. The Morgan fingerprint density at radius 1 is 1.44 bits per heavy atom. The van der Waals surface area contributed by atoms with Crippen molar-refractivity contribution in [3.63, 3.8) is 0 Å². The summed E-state index contributed by atoms with van der Waals surface area (Å²) in [7, 11) is 0. The van der Waals surface area contributed by atoms with E-state index in [4.69, 9.17) is 0 Å². The van der Waals surface area contributed by atoms with Crippen LogP contribution < -0.4 is 0 Å². The molecule has 0 unspecified atom stereocenters. The van der Waals surface area contributed by atoms with Crippen LogP contribution in [0.4, 0.5) is 4.39 Å². The van der Waals surface area contributed by atoms with Gasteiger partial charge in [0.25, 0.3) is 5.91 Å². The Morgan fingerprint density at radius 2 is 2.06 bits per heavy atom. The molecule has 84 valence electrons. The van der Waals surface area contributed by atoms with Gasteiger partial charge in [0.2, 0.25) is 0 Å². The molecule has 16 heavy (non-hydrogen) atoms. The molecule has 0 aliphatic heterocycles. The number of benzene rings is 1. The average molecular weight is 219 g/mol. The van der Waals surface area contributed by atoms with Gasteiger partial charge in [-0.25, -0.2) is 4.39 Å². The van der Waals surface area contributed by atoms with Crippen molar-refractivity contribution in [3.8, 4) is 0 Å². The van der Waals surface area contributed by atoms with Crippen LogP contribution in [0, 0.1) is 5.82 Å². The fourth-order valence-corrected chi connectivity index (χ4v) is 1.68. The Hall–Kier alpha value is -1.64. The molecule has 0 heterocycles. The molecular weight excluding hydrogens is 205 g/mol. The van der Waals surface area contributed by atoms with Crippen LogP contribution >= 0.6 is 0 Å². The molecule has 1 aromatic rings. The minimum Gasteiger partial charge on any atom is -0.332 e. The van der Waals surface area contributed by atoms with Gasteiger partial charge in [0.05, 0.1) is 0 Å². The zero-order valence-corrected chi connectivity index (χ0v) is 9.03. The maximum Gasteiger partial charge on any atom is 0.254 e. The number of amides is 1. The van der Waals surface area contributed by atoms with E-state index in [9.17, 15) is 9.18 Å². The molecule has 0 atom stereocenters. The molecule has 0 saturated heterocycles. The molecule has 1 aliphatic rings. The number of halogens is 1. The lowest BCUT2D eigenvalue weighted by Crippen LogP contribution is -2.33. The lowest BCUT2D eigenvalue weighted by Gasteiger charge is -2.20. The third-order valence-electron chi connectivity index (χ3n) is 2.67. The van der Waals surface area contributed by atoms with Gasteiger partial charge in [-0.3, -0.25) is 4.79 Å². The molecule has 1 amide bonds. The molecule has 2 rings (SSSR count). The van der Waals surface area contributed by atoms with E-state index in [0.29, 0.717) is 18.2 Å². The quantitative estimate of drug-likeness (QED) is 0.713. The summed E-state index contributed by atoms with van der Waals surface area (Å²) < 4.78 is 12.7. The highest BCUT2D eigenvalue weighted by Gasteiger charge is 2.32. The summed E-state index contributed by atoms with van der Waals surface area (Å²) in [6, 6.07) is 6.01. The minimum absolute atomic E-state index is 0.0394. The highest BCUT2D eigenvalue weighted by atomic mass is 19.1. The second kappa shape index (κ2) is 4.47. The fraction of sp³-hybridized carbons (Fsp3) is 0.308. The topological polar surface area (TPSA) is 20.3 Å². The van der Waals surface area contributed by atoms with Crippen molar-refractivity contribution in [2.24, 2.45) is 0 Å². The first-order chi connectivity index (χ1) is 7.72. The molecule has 0 N–H and O–H groups in total. The van der Waals surface area contributed by atoms with Crippen LogP contribution in [0.5, 0.6) is 0 Å². The largest absolute Gasteiger partial charge is 0.332 e. The molecular formula is C13H14FNO. The van der Waals surface area contributed by atoms with Crippen LogP contribution in [0.2, 0.25) is 0 Å². The summed E-state index contributed by atoms with van der Waals surface area (Å²) in [6.45, 7) is 4.20. The third kappa shape index (κ3) is 2.30. The second-order valence-corrected chi connectivity index (χ2v) is 3.98. The number of carbonyl (C=O) groups is 1. The van der Waals surface area contributed by atoms with Crippen LogP contribution in [0.25, 0.3) is 0 Å². The molecule has 2 nitrogen and oxygen atoms in total. The van der Waals surface area contributed by atoms with Gasteiger partial charge < -0.3 is 4.90 Å². The van der Waals surface area contributed by atoms with Crippen LogP contribution in [0.1, 0.15) is 23.2 Å². The lowest BCUT2D eigenvalue weighted by molar-refractivity contribution is 0.0762. The van der Waals surface area contributed by atoms with Gasteiger partial charge in [-0.05, 0) is 37.1 Å². The monoisotopic (exact) mass is 219 g/mol. The highest BCUT2D eigenvalue weighted by Crippen LogP contribution is 2.28. The number of nitrogens with zero attached hydrogens (tertiary/aromatic N) is 1. The van der Waals surface area contributed by atoms with Crippen molar-refractivity contribution in [2.75, 3.05) is 6.54 Å². The van der Waals surface area contributed by atoms with E-state index in [2.05, 4.69) is 6.58 Å². The van der Waals surface area contributed by atoms with E-state index in [1.165, 1.54) is 24.3 Å². The van der Waals surface area contributed by atoms with E-state index < -0.39 is 0 Å². The minimum atomic E-state index is -0.321. The first kappa shape index (κ1) is 10.9. The van der Waals surface area contributed by atoms with Crippen molar-refractivity contribution in [2.45, 2.75) is 18.9 Å². The highest BCUT2D eigenvalue weighted by molar-refractivity contribution is 5.94. The predicted molar refractivity (Wildman–Crippen MR) is 60.7 cm³/mol. The molecule has 0 aromatic heterocycles. The number of carbonyl (C=O) groups excluding carboxylic acids is 1. The fourth-order valence-electron chi connectivity index (χ4n) is 1.68. The van der Waals surface area contributed by atoms with E-state index in [0.717, 1.165) is 12.8 Å². The van der Waals surface area contributed by atoms with Crippen molar-refractivity contribution in [1.29, 1.82) is 0 Å². The number of rotatable bonds is 4. The Labute approximate surface area is 94.4 Å². The molecule has 1 fully saturated rings. The van der Waals surface area contributed by atoms with Gasteiger partial charge >= 0.3 is 0 Å². The van der Waals surface area contributed by atoms with E-state index in [1.54, 1.807) is 11.0 Å². The average Bonchev–Trinajstić information content (AvgIpc) is 3.10. The van der Waals surface area contributed by atoms with Crippen LogP contribution in [-0.4, -0.2) is 23.4 Å². The normalized spacial score (nSPS) is 14.6. The molecule has 1 aliphatic carbocycles. The van der Waals surface area contributed by atoms with Gasteiger partial charge in [0.1, 0.15) is 5.82 Å². The van der Waals surface area contributed by atoms with Gasteiger partial charge in [-0.1, -0.05) is 6.08 Å². The Bertz CT molecular complexity index is 395. The molecule has 0 spiro atoms. The van der Waals surface area contributed by atoms with Crippen molar-refractivity contribution in [1.82, 2.24) is 4.90 Å². The standard InChI is InChI=1S/C13H14FNO/c1-2-9-15(12-7-8-12)13(16)10-3-5-11(14)6-4-10/h2-6,12H,1,7-9H2. The van der Waals surface area contributed by atoms with Gasteiger partial charge in [-0.15, -0.1) is 6.58 Å². The van der Waals surface area contributed by atoms with Crippen molar-refractivity contribution < 1.29 is 9.18 Å². The maximum absolute atomic E-state index is 12.7. The predicted octanol–water partition coefficient (Wildman–Crippen LogP) is 2.62. The van der Waals surface area contributed by atoms with E-state index in [1.807, 2.05) is 0 Å². The zero-order chi connectivity index (χ0) is 11.5. The van der Waals surface area contributed by atoms with E-state index in [-0.39, 0.29) is 11.7 Å². The maximum atomic E-state index is 12.7. The van der Waals surface area contributed by atoms with Crippen LogP contribution in [-0.2, 0) is 0 Å². The molecule has 3 heteroatoms. The zero-order valence-electron chi connectivity index (χ0n) is 9.03. The van der Waals surface area contributed by atoms with Gasteiger partial charge in [-0.2, -0.15) is 0 Å². The Morgan fingerprint density at radius 3 is 2.56 bits per heavy atom. The summed E-state index contributed by atoms with van der Waals surface area (Å²) in [5.74, 6) is -0.361. The molecule has 1 saturated carbocycles. The third-order valence-corrected chi connectivity index (χ3v) is 2.67. The summed E-state index contributed by atoms with van der Waals surface area (Å²) in [5, 5.41) is 0. The lowest BCUT2D eigenvalue weighted by atomic mass is 10.2. The van der Waals surface area contributed by atoms with Gasteiger partial charge in [0, 0.05) is 18.2 Å². The number of hydrogen-bond acceptors (Lipinski definition) is 1. The smallest absolute Gasteiger partial charge is 0.254 e. The molecule has 1 aromatic carbocycles. The van der Waals surface area contributed by atoms with Gasteiger partial charge in [0.15, 0.2) is 0 Å². The van der Waals surface area contributed by atoms with Crippen LogP contribution in [0.15, 0.2) is 36.9 Å². The molecule has 0 radical (unpaired) electrons. The Kier molecular flexibility index (Phi) is 3.04. The first-order valence-corrected chi connectivity index (χ1v) is 5.40. The van der Waals surface area contributed by atoms with Crippen LogP contribution in [0.3, 0.4) is 0 Å². The van der Waals surface area contributed by atoms with Crippen molar-refractivity contribution in [3.05, 3.63) is 48.3 Å². The first-order valence-electron chi connectivity index (χ1n) is 5.40. The summed E-state index contributed by atoms with van der Waals surface area (Å²) in [5.41, 5.74) is 0.537. The molecule has 0 bridgehead atoms. The second-order valence-electron chi connectivity index (χ2n) is 3.98. The summed E-state index contributed by atoms with van der Waals surface area (Å²) in [6.07, 6.45) is 3.83. The van der Waals surface area contributed by atoms with Crippen molar-refractivity contribution >= 4 is 5.91 Å².